The highest BCUT2D eigenvalue weighted by Crippen LogP contribution is 2.28. The van der Waals surface area contributed by atoms with Gasteiger partial charge in [-0.25, -0.2) is 4.98 Å². The van der Waals surface area contributed by atoms with Crippen molar-refractivity contribution in [3.8, 4) is 5.75 Å². The summed E-state index contributed by atoms with van der Waals surface area (Å²) < 4.78 is 13.0. The van der Waals surface area contributed by atoms with E-state index in [0.717, 1.165) is 37.5 Å². The van der Waals surface area contributed by atoms with E-state index in [2.05, 4.69) is 45.8 Å². The first kappa shape index (κ1) is 18.0. The van der Waals surface area contributed by atoms with Crippen LogP contribution in [0, 0.1) is 0 Å². The molecule has 1 unspecified atom stereocenters. The van der Waals surface area contributed by atoms with Gasteiger partial charge in [-0.15, -0.1) is 0 Å². The number of piperidine rings is 1. The molecule has 0 amide bonds. The minimum absolute atomic E-state index is 0.528. The van der Waals surface area contributed by atoms with E-state index in [-0.39, 0.29) is 0 Å². The highest BCUT2D eigenvalue weighted by molar-refractivity contribution is 5.37. The predicted octanol–water partition coefficient (Wildman–Crippen LogP) is 3.44. The fraction of sp³-hybridized carbons (Fsp3) is 0.550. The van der Waals surface area contributed by atoms with E-state index in [9.17, 15) is 0 Å². The van der Waals surface area contributed by atoms with E-state index >= 15 is 0 Å². The monoisotopic (exact) mass is 343 g/mol. The van der Waals surface area contributed by atoms with Gasteiger partial charge in [0.05, 0.1) is 13.7 Å². The van der Waals surface area contributed by atoms with Crippen LogP contribution in [-0.2, 0) is 24.4 Å². The summed E-state index contributed by atoms with van der Waals surface area (Å²) in [4.78, 5) is 7.16. The van der Waals surface area contributed by atoms with Crippen LogP contribution in [0.25, 0.3) is 0 Å². The second-order valence-corrected chi connectivity index (χ2v) is 6.72. The third kappa shape index (κ3) is 4.22. The van der Waals surface area contributed by atoms with E-state index in [1.165, 1.54) is 24.2 Å². The molecular formula is C20H29N3O2. The van der Waals surface area contributed by atoms with Crippen molar-refractivity contribution in [3.63, 3.8) is 0 Å². The largest absolute Gasteiger partial charge is 0.496 e. The average Bonchev–Trinajstić information content (AvgIpc) is 3.11. The molecule has 0 saturated carbocycles. The number of aromatic nitrogens is 2. The number of likely N-dealkylation sites (tertiary alicyclic amines) is 1. The molecule has 1 fully saturated rings. The van der Waals surface area contributed by atoms with Gasteiger partial charge in [0, 0.05) is 50.6 Å². The minimum Gasteiger partial charge on any atom is -0.496 e. The van der Waals surface area contributed by atoms with Crippen LogP contribution in [-0.4, -0.2) is 41.8 Å². The Kier molecular flexibility index (Phi) is 6.10. The molecule has 0 N–H and O–H groups in total. The second-order valence-electron chi connectivity index (χ2n) is 6.72. The maximum absolute atomic E-state index is 5.43. The van der Waals surface area contributed by atoms with E-state index < -0.39 is 0 Å². The first-order valence-electron chi connectivity index (χ1n) is 9.13. The Morgan fingerprint density at radius 2 is 2.16 bits per heavy atom. The number of methoxy groups -OCH3 is 2. The average molecular weight is 343 g/mol. The van der Waals surface area contributed by atoms with Gasteiger partial charge in [0.25, 0.3) is 0 Å². The maximum Gasteiger partial charge on any atom is 0.124 e. The van der Waals surface area contributed by atoms with E-state index in [1.807, 2.05) is 6.20 Å². The zero-order valence-electron chi connectivity index (χ0n) is 15.6. The third-order valence-corrected chi connectivity index (χ3v) is 5.01. The van der Waals surface area contributed by atoms with Crippen molar-refractivity contribution in [2.24, 2.45) is 0 Å². The molecule has 1 aliphatic rings. The van der Waals surface area contributed by atoms with Gasteiger partial charge < -0.3 is 14.0 Å². The lowest BCUT2D eigenvalue weighted by atomic mass is 9.96. The molecular weight excluding hydrogens is 314 g/mol. The molecule has 5 heteroatoms. The van der Waals surface area contributed by atoms with Crippen molar-refractivity contribution >= 4 is 0 Å². The quantitative estimate of drug-likeness (QED) is 0.772. The molecule has 1 saturated heterocycles. The molecule has 2 aromatic rings. The lowest BCUT2D eigenvalue weighted by Crippen LogP contribution is -2.34. The van der Waals surface area contributed by atoms with Crippen LogP contribution < -0.4 is 4.74 Å². The Labute approximate surface area is 150 Å². The lowest BCUT2D eigenvalue weighted by molar-refractivity contribution is 0.180. The van der Waals surface area contributed by atoms with Crippen LogP contribution in [0.5, 0.6) is 5.75 Å². The summed E-state index contributed by atoms with van der Waals surface area (Å²) in [6, 6.07) is 6.42. The zero-order valence-corrected chi connectivity index (χ0v) is 15.6. The van der Waals surface area contributed by atoms with E-state index in [4.69, 9.17) is 9.47 Å². The number of nitrogens with zero attached hydrogens (tertiary/aromatic N) is 3. The van der Waals surface area contributed by atoms with Crippen LogP contribution in [0.15, 0.2) is 30.6 Å². The second kappa shape index (κ2) is 8.50. The normalized spacial score (nSPS) is 18.4. The third-order valence-electron chi connectivity index (χ3n) is 5.01. The Balaban J connectivity index is 1.69. The first-order chi connectivity index (χ1) is 12.2. The minimum atomic E-state index is 0.528. The van der Waals surface area contributed by atoms with Crippen molar-refractivity contribution < 1.29 is 9.47 Å². The molecule has 0 spiro atoms. The highest BCUT2D eigenvalue weighted by Gasteiger charge is 2.24. The summed E-state index contributed by atoms with van der Waals surface area (Å²) in [7, 11) is 3.43. The number of ether oxygens (including phenoxy) is 2. The fourth-order valence-electron chi connectivity index (χ4n) is 3.81. The SMILES string of the molecule is CCn1ccnc1C1CCCN(Cc2ccc(OC)c(COC)c2)C1. The summed E-state index contributed by atoms with van der Waals surface area (Å²) in [5, 5.41) is 0. The smallest absolute Gasteiger partial charge is 0.124 e. The van der Waals surface area contributed by atoms with Gasteiger partial charge in [-0.1, -0.05) is 6.07 Å². The number of hydrogen-bond acceptors (Lipinski definition) is 4. The number of aryl methyl sites for hydroxylation is 1. The van der Waals surface area contributed by atoms with Gasteiger partial charge in [-0.05, 0) is 44.0 Å². The Morgan fingerprint density at radius 3 is 2.92 bits per heavy atom. The number of hydrogen-bond donors (Lipinski definition) is 0. The molecule has 5 nitrogen and oxygen atoms in total. The molecule has 2 heterocycles. The van der Waals surface area contributed by atoms with Crippen LogP contribution >= 0.6 is 0 Å². The number of benzene rings is 1. The van der Waals surface area contributed by atoms with Gasteiger partial charge in [0.15, 0.2) is 0 Å². The number of rotatable bonds is 7. The Hall–Kier alpha value is -1.85. The first-order valence-corrected chi connectivity index (χ1v) is 9.13. The standard InChI is InChI=1S/C20H29N3O2/c1-4-23-11-9-21-20(23)17-6-5-10-22(14-17)13-16-7-8-19(25-3)18(12-16)15-24-2/h7-9,11-12,17H,4-6,10,13-15H2,1-3H3. The van der Waals surface area contributed by atoms with Crippen molar-refractivity contribution in [2.75, 3.05) is 27.3 Å². The van der Waals surface area contributed by atoms with Gasteiger partial charge >= 0.3 is 0 Å². The lowest BCUT2D eigenvalue weighted by Gasteiger charge is -2.32. The summed E-state index contributed by atoms with van der Waals surface area (Å²) >= 11 is 0. The molecule has 3 rings (SSSR count). The van der Waals surface area contributed by atoms with Crippen LogP contribution in [0.3, 0.4) is 0 Å². The van der Waals surface area contributed by atoms with Gasteiger partial charge in [0.1, 0.15) is 11.6 Å². The maximum atomic E-state index is 5.43. The van der Waals surface area contributed by atoms with Crippen molar-refractivity contribution in [1.82, 2.24) is 14.5 Å². The molecule has 1 aromatic carbocycles. The van der Waals surface area contributed by atoms with Gasteiger partial charge in [-0.3, -0.25) is 4.90 Å². The van der Waals surface area contributed by atoms with Crippen molar-refractivity contribution in [2.45, 2.75) is 45.4 Å². The van der Waals surface area contributed by atoms with Crippen LogP contribution in [0.1, 0.15) is 42.6 Å². The van der Waals surface area contributed by atoms with E-state index in [0.29, 0.717) is 12.5 Å². The fourth-order valence-corrected chi connectivity index (χ4v) is 3.81. The number of imidazole rings is 1. The molecule has 0 bridgehead atoms. The van der Waals surface area contributed by atoms with Crippen LogP contribution in [0.2, 0.25) is 0 Å². The van der Waals surface area contributed by atoms with E-state index in [1.54, 1.807) is 14.2 Å². The molecule has 1 aromatic heterocycles. The molecule has 0 radical (unpaired) electrons. The molecule has 136 valence electrons. The molecule has 25 heavy (non-hydrogen) atoms. The highest BCUT2D eigenvalue weighted by atomic mass is 16.5. The zero-order chi connectivity index (χ0) is 17.6. The summed E-state index contributed by atoms with van der Waals surface area (Å²) in [6.45, 7) is 6.93. The Bertz CT molecular complexity index is 683. The molecule has 1 atom stereocenters. The van der Waals surface area contributed by atoms with Crippen molar-refractivity contribution in [3.05, 3.63) is 47.5 Å². The van der Waals surface area contributed by atoms with Crippen molar-refractivity contribution in [1.29, 1.82) is 0 Å². The summed E-state index contributed by atoms with van der Waals surface area (Å²) in [5.74, 6) is 2.66. The summed E-state index contributed by atoms with van der Waals surface area (Å²) in [5.41, 5.74) is 2.42. The van der Waals surface area contributed by atoms with Gasteiger partial charge in [0.2, 0.25) is 0 Å². The van der Waals surface area contributed by atoms with Gasteiger partial charge in [-0.2, -0.15) is 0 Å². The summed E-state index contributed by atoms with van der Waals surface area (Å²) in [6.07, 6.45) is 6.47. The Morgan fingerprint density at radius 1 is 1.28 bits per heavy atom. The predicted molar refractivity (Wildman–Crippen MR) is 98.9 cm³/mol. The molecule has 0 aliphatic carbocycles. The van der Waals surface area contributed by atoms with Crippen LogP contribution in [0.4, 0.5) is 0 Å². The molecule has 1 aliphatic heterocycles. The topological polar surface area (TPSA) is 39.5 Å².